The molecule has 1 aromatic rings. The third-order valence-electron chi connectivity index (χ3n) is 4.67. The van der Waals surface area contributed by atoms with Crippen LogP contribution in [0.4, 0.5) is 5.88 Å². The van der Waals surface area contributed by atoms with E-state index in [0.717, 1.165) is 0 Å². The number of anilines is 1. The van der Waals surface area contributed by atoms with Crippen LogP contribution in [0.1, 0.15) is 18.2 Å². The summed E-state index contributed by atoms with van der Waals surface area (Å²) >= 11 is 0. The van der Waals surface area contributed by atoms with Crippen molar-refractivity contribution in [1.82, 2.24) is 4.90 Å². The van der Waals surface area contributed by atoms with E-state index in [1.54, 1.807) is 14.1 Å². The monoisotopic (exact) mass is 342 g/mol. The van der Waals surface area contributed by atoms with E-state index in [1.165, 1.54) is 11.0 Å². The van der Waals surface area contributed by atoms with E-state index in [4.69, 9.17) is 17.0 Å². The number of carbonyl (C=O) groups excluding carboxylic acids is 1. The van der Waals surface area contributed by atoms with Gasteiger partial charge in [-0.3, -0.25) is 9.59 Å². The van der Waals surface area contributed by atoms with Crippen LogP contribution in [-0.4, -0.2) is 59.1 Å². The highest BCUT2D eigenvalue weighted by atomic mass is 16.5. The Kier molecular flexibility index (Phi) is 5.04. The maximum atomic E-state index is 12.7. The first kappa shape index (κ1) is 17.8. The number of hydrogen-bond acceptors (Lipinski definition) is 5. The molecule has 1 aliphatic carbocycles. The Hall–Kier alpha value is -2.02. The molecule has 2 aliphatic rings. The van der Waals surface area contributed by atoms with E-state index < -0.39 is 0 Å². The van der Waals surface area contributed by atoms with E-state index in [-0.39, 0.29) is 23.1 Å². The minimum absolute atomic E-state index is 0.0412. The van der Waals surface area contributed by atoms with Gasteiger partial charge in [-0.25, -0.2) is 0 Å². The summed E-state index contributed by atoms with van der Waals surface area (Å²) in [7, 11) is 9.53. The molecule has 0 N–H and O–H groups in total. The molecule has 7 heteroatoms. The quantitative estimate of drug-likeness (QED) is 0.770. The van der Waals surface area contributed by atoms with Gasteiger partial charge in [-0.05, 0) is 12.0 Å². The molecule has 1 fully saturated rings. The molecule has 1 saturated heterocycles. The highest BCUT2D eigenvalue weighted by Crippen LogP contribution is 2.36. The highest BCUT2D eigenvalue weighted by molar-refractivity contribution is 6.18. The molecule has 1 amide bonds. The van der Waals surface area contributed by atoms with Crippen molar-refractivity contribution in [2.75, 3.05) is 45.3 Å². The third kappa shape index (κ3) is 3.51. The van der Waals surface area contributed by atoms with Crippen LogP contribution in [0, 0.1) is 5.92 Å². The molecule has 0 spiro atoms. The molecule has 132 valence electrons. The molecule has 0 aromatic carbocycles. The summed E-state index contributed by atoms with van der Waals surface area (Å²) in [5.74, 6) is 0.295. The van der Waals surface area contributed by atoms with Crippen LogP contribution >= 0.6 is 0 Å². The number of ether oxygens (including phenoxy) is 1. The molecule has 25 heavy (non-hydrogen) atoms. The van der Waals surface area contributed by atoms with E-state index in [0.29, 0.717) is 55.5 Å². The second kappa shape index (κ2) is 7.08. The van der Waals surface area contributed by atoms with E-state index in [2.05, 4.69) is 0 Å². The molecule has 2 heterocycles. The van der Waals surface area contributed by atoms with Crippen molar-refractivity contribution >= 4 is 25.2 Å². The Morgan fingerprint density at radius 2 is 2.04 bits per heavy atom. The molecule has 6 nitrogen and oxygen atoms in total. The minimum Gasteiger partial charge on any atom is -0.440 e. The fraction of sp³-hybridized carbons (Fsp3) is 0.556. The van der Waals surface area contributed by atoms with Gasteiger partial charge < -0.3 is 19.0 Å². The second-order valence-electron chi connectivity index (χ2n) is 6.81. The Morgan fingerprint density at radius 1 is 1.36 bits per heavy atom. The molecular weight excluding hydrogens is 319 g/mol. The second-order valence-corrected chi connectivity index (χ2v) is 6.81. The lowest BCUT2D eigenvalue weighted by Gasteiger charge is -2.30. The van der Waals surface area contributed by atoms with Gasteiger partial charge in [0.05, 0.1) is 27.0 Å². The normalized spacial score (nSPS) is 21.3. The zero-order valence-electron chi connectivity index (χ0n) is 14.9. The first-order valence-electron chi connectivity index (χ1n) is 8.57. The summed E-state index contributed by atoms with van der Waals surface area (Å²) in [6.07, 6.45) is 2.19. The number of hydrogen-bond donors (Lipinski definition) is 0. The van der Waals surface area contributed by atoms with Gasteiger partial charge in [0.15, 0.2) is 11.3 Å². The molecule has 2 atom stereocenters. The number of carbonyl (C=O) groups is 1. The zero-order chi connectivity index (χ0) is 18.1. The Bertz CT molecular complexity index is 748. The van der Waals surface area contributed by atoms with Gasteiger partial charge in [0, 0.05) is 38.8 Å². The van der Waals surface area contributed by atoms with Crippen LogP contribution in [0.5, 0.6) is 0 Å². The summed E-state index contributed by atoms with van der Waals surface area (Å²) in [5, 5.41) is 0. The van der Waals surface area contributed by atoms with Crippen molar-refractivity contribution < 1.29 is 13.9 Å². The van der Waals surface area contributed by atoms with Crippen LogP contribution in [0.15, 0.2) is 21.4 Å². The number of rotatable bonds is 3. The van der Waals surface area contributed by atoms with E-state index in [9.17, 15) is 9.59 Å². The predicted molar refractivity (Wildman–Crippen MR) is 97.1 cm³/mol. The third-order valence-corrected chi connectivity index (χ3v) is 4.67. The largest absolute Gasteiger partial charge is 0.440 e. The molecule has 2 unspecified atom stereocenters. The van der Waals surface area contributed by atoms with Crippen molar-refractivity contribution in [1.29, 1.82) is 0 Å². The first-order valence-corrected chi connectivity index (χ1v) is 8.57. The summed E-state index contributed by atoms with van der Waals surface area (Å²) in [4.78, 5) is 28.6. The molecular formula is C18H23BN2O4. The first-order chi connectivity index (χ1) is 11.9. The topological polar surface area (TPSA) is 63.0 Å². The fourth-order valence-electron chi connectivity index (χ4n) is 3.29. The molecule has 1 aromatic heterocycles. The maximum Gasteiger partial charge on any atom is 0.229 e. The van der Waals surface area contributed by atoms with Crippen LogP contribution in [0.3, 0.4) is 0 Å². The van der Waals surface area contributed by atoms with Gasteiger partial charge in [0.25, 0.3) is 0 Å². The fourth-order valence-corrected chi connectivity index (χ4v) is 3.29. The number of morpholine rings is 1. The summed E-state index contributed by atoms with van der Waals surface area (Å²) in [5.41, 5.74) is 1.14. The molecule has 0 bridgehead atoms. The number of nitrogens with zero attached hydrogens (tertiary/aromatic N) is 2. The molecule has 1 aliphatic heterocycles. The Morgan fingerprint density at radius 3 is 2.64 bits per heavy atom. The minimum atomic E-state index is -0.388. The Labute approximate surface area is 148 Å². The lowest BCUT2D eigenvalue weighted by molar-refractivity contribution is -0.131. The molecule has 2 radical (unpaired) electrons. The van der Waals surface area contributed by atoms with Crippen molar-refractivity contribution in [3.05, 3.63) is 33.7 Å². The smallest absolute Gasteiger partial charge is 0.229 e. The SMILES string of the molecule is [B]C(C)C1=CC(C(=O)N(C)C)Cc2c1oc(N1CCOCC1)cc2=O. The van der Waals surface area contributed by atoms with Gasteiger partial charge in [-0.1, -0.05) is 18.8 Å². The van der Waals surface area contributed by atoms with Crippen molar-refractivity contribution in [2.24, 2.45) is 5.92 Å². The highest BCUT2D eigenvalue weighted by Gasteiger charge is 2.31. The average molecular weight is 342 g/mol. The van der Waals surface area contributed by atoms with Gasteiger partial charge >= 0.3 is 0 Å². The average Bonchev–Trinajstić information content (AvgIpc) is 2.60. The van der Waals surface area contributed by atoms with Crippen LogP contribution in [0.2, 0.25) is 5.82 Å². The van der Waals surface area contributed by atoms with Gasteiger partial charge in [-0.2, -0.15) is 0 Å². The summed E-state index contributed by atoms with van der Waals surface area (Å²) < 4.78 is 11.4. The molecule has 3 rings (SSSR count). The van der Waals surface area contributed by atoms with Gasteiger partial charge in [0.2, 0.25) is 5.91 Å². The number of allylic oxidation sites excluding steroid dienone is 1. The van der Waals surface area contributed by atoms with Crippen molar-refractivity contribution in [3.63, 3.8) is 0 Å². The molecule has 0 saturated carbocycles. The Balaban J connectivity index is 2.04. The summed E-state index contributed by atoms with van der Waals surface area (Å²) in [6.45, 7) is 4.41. The lowest BCUT2D eigenvalue weighted by Crippen LogP contribution is -2.37. The van der Waals surface area contributed by atoms with Crippen molar-refractivity contribution in [3.8, 4) is 0 Å². The lowest BCUT2D eigenvalue weighted by atomic mass is 9.75. The van der Waals surface area contributed by atoms with Gasteiger partial charge in [-0.15, -0.1) is 0 Å². The van der Waals surface area contributed by atoms with Crippen molar-refractivity contribution in [2.45, 2.75) is 19.2 Å². The summed E-state index contributed by atoms with van der Waals surface area (Å²) in [6, 6.07) is 1.52. The standard InChI is InChI=1S/C18H23BN2O4/c1-11(19)13-8-12(18(23)20(2)3)9-14-15(22)10-16(25-17(13)14)21-4-6-24-7-5-21/h8,10-12H,4-7,9H2,1-3H3. The van der Waals surface area contributed by atoms with E-state index >= 15 is 0 Å². The van der Waals surface area contributed by atoms with Crippen LogP contribution < -0.4 is 10.3 Å². The maximum absolute atomic E-state index is 12.7. The van der Waals surface area contributed by atoms with Crippen LogP contribution in [0.25, 0.3) is 5.57 Å². The number of amides is 1. The zero-order valence-corrected chi connectivity index (χ0v) is 14.9. The number of fused-ring (bicyclic) bond motifs is 1. The van der Waals surface area contributed by atoms with E-state index in [1.807, 2.05) is 17.9 Å². The van der Waals surface area contributed by atoms with Crippen LogP contribution in [-0.2, 0) is 16.0 Å². The predicted octanol–water partition coefficient (Wildman–Crippen LogP) is 1.10. The van der Waals surface area contributed by atoms with Gasteiger partial charge in [0.1, 0.15) is 5.76 Å².